The summed E-state index contributed by atoms with van der Waals surface area (Å²) in [6.07, 6.45) is 3.43. The number of rotatable bonds is 5. The molecule has 1 atom stereocenters. The fourth-order valence-electron chi connectivity index (χ4n) is 5.18. The summed E-state index contributed by atoms with van der Waals surface area (Å²) >= 11 is 1.47. The number of carbonyl (C=O) groups excluding carboxylic acids is 1. The average molecular weight is 483 g/mol. The van der Waals surface area contributed by atoms with E-state index in [0.29, 0.717) is 36.3 Å². The van der Waals surface area contributed by atoms with Gasteiger partial charge in [0.05, 0.1) is 6.04 Å². The number of aromatic hydroxyl groups is 1. The number of halogens is 2. The molecule has 34 heavy (non-hydrogen) atoms. The predicted molar refractivity (Wildman–Crippen MR) is 126 cm³/mol. The summed E-state index contributed by atoms with van der Waals surface area (Å²) in [6.45, 7) is 0.338. The van der Waals surface area contributed by atoms with E-state index in [-0.39, 0.29) is 17.5 Å². The Morgan fingerprint density at radius 3 is 2.68 bits per heavy atom. The van der Waals surface area contributed by atoms with Gasteiger partial charge in [-0.2, -0.15) is 0 Å². The first kappa shape index (κ1) is 22.8. The molecule has 1 fully saturated rings. The topological polar surface area (TPSA) is 73.4 Å². The van der Waals surface area contributed by atoms with Crippen LogP contribution in [0.2, 0.25) is 0 Å². The Kier molecular flexibility index (Phi) is 5.81. The van der Waals surface area contributed by atoms with E-state index in [4.69, 9.17) is 0 Å². The van der Waals surface area contributed by atoms with E-state index < -0.39 is 28.2 Å². The fraction of sp³-hybridized carbons (Fsp3) is 0.308. The molecule has 2 heterocycles. The van der Waals surface area contributed by atoms with Gasteiger partial charge in [-0.1, -0.05) is 30.7 Å². The molecule has 3 aromatic rings. The van der Waals surface area contributed by atoms with E-state index in [1.165, 1.54) is 24.0 Å². The van der Waals surface area contributed by atoms with E-state index >= 15 is 0 Å². The van der Waals surface area contributed by atoms with Crippen LogP contribution in [0.25, 0.3) is 0 Å². The SMILES string of the molecule is CN(CC1(C(=O)c2[nH]ccc(=O)c2O)CCC1)[C@H]1c2ccccc2SCc2c1ccc(F)c2F. The van der Waals surface area contributed by atoms with Crippen molar-refractivity contribution in [3.8, 4) is 5.75 Å². The van der Waals surface area contributed by atoms with Crippen LogP contribution < -0.4 is 5.43 Å². The van der Waals surface area contributed by atoms with Gasteiger partial charge in [0, 0.05) is 40.4 Å². The van der Waals surface area contributed by atoms with Crippen LogP contribution in [0, 0.1) is 17.0 Å². The van der Waals surface area contributed by atoms with E-state index in [0.717, 1.165) is 22.9 Å². The Morgan fingerprint density at radius 1 is 1.18 bits per heavy atom. The summed E-state index contributed by atoms with van der Waals surface area (Å²) in [5.74, 6) is -2.27. The zero-order valence-corrected chi connectivity index (χ0v) is 19.4. The number of Topliss-reactive ketones (excluding diaryl/α,β-unsaturated/α-hetero) is 1. The molecule has 0 unspecified atom stereocenters. The molecule has 2 N–H and O–H groups in total. The smallest absolute Gasteiger partial charge is 0.223 e. The number of benzene rings is 2. The highest BCUT2D eigenvalue weighted by Crippen LogP contribution is 2.48. The van der Waals surface area contributed by atoms with Crippen LogP contribution in [0.1, 0.15) is 52.5 Å². The van der Waals surface area contributed by atoms with Crippen LogP contribution in [0.15, 0.2) is 58.4 Å². The molecule has 8 heteroatoms. The monoisotopic (exact) mass is 482 g/mol. The molecule has 5 nitrogen and oxygen atoms in total. The summed E-state index contributed by atoms with van der Waals surface area (Å²) in [5.41, 5.74) is 0.507. The number of nitrogens with one attached hydrogen (secondary N) is 1. The van der Waals surface area contributed by atoms with E-state index in [2.05, 4.69) is 4.98 Å². The molecule has 1 aliphatic carbocycles. The number of aromatic nitrogens is 1. The minimum atomic E-state index is -0.874. The van der Waals surface area contributed by atoms with Crippen molar-refractivity contribution >= 4 is 17.5 Å². The molecule has 1 aliphatic heterocycles. The minimum absolute atomic E-state index is 0.0778. The predicted octanol–water partition coefficient (Wildman–Crippen LogP) is 5.04. The molecule has 1 aromatic heterocycles. The van der Waals surface area contributed by atoms with Crippen LogP contribution in [0.5, 0.6) is 5.75 Å². The van der Waals surface area contributed by atoms with Crippen molar-refractivity contribution in [2.24, 2.45) is 5.41 Å². The summed E-state index contributed by atoms with van der Waals surface area (Å²) in [6, 6.07) is 11.4. The van der Waals surface area contributed by atoms with Crippen LogP contribution >= 0.6 is 11.8 Å². The van der Waals surface area contributed by atoms with Gasteiger partial charge in [-0.15, -0.1) is 11.8 Å². The third-order valence-corrected chi connectivity index (χ3v) is 8.17. The van der Waals surface area contributed by atoms with Crippen LogP contribution in [0.3, 0.4) is 0 Å². The van der Waals surface area contributed by atoms with Gasteiger partial charge in [-0.3, -0.25) is 14.5 Å². The van der Waals surface area contributed by atoms with Crippen molar-refractivity contribution in [1.82, 2.24) is 9.88 Å². The number of thioether (sulfide) groups is 1. The molecule has 0 spiro atoms. The Labute approximate surface area is 199 Å². The van der Waals surface area contributed by atoms with E-state index in [1.54, 1.807) is 6.07 Å². The molecule has 2 aliphatic rings. The number of hydrogen-bond donors (Lipinski definition) is 2. The Hall–Kier alpha value is -2.97. The third kappa shape index (κ3) is 3.65. The molecular weight excluding hydrogens is 458 g/mol. The quantitative estimate of drug-likeness (QED) is 0.499. The van der Waals surface area contributed by atoms with E-state index in [1.807, 2.05) is 36.2 Å². The first-order valence-corrected chi connectivity index (χ1v) is 12.2. The van der Waals surface area contributed by atoms with Crippen molar-refractivity contribution in [3.05, 3.63) is 92.9 Å². The van der Waals surface area contributed by atoms with Gasteiger partial charge in [-0.05, 0) is 43.1 Å². The molecule has 1 saturated carbocycles. The van der Waals surface area contributed by atoms with Crippen molar-refractivity contribution in [1.29, 1.82) is 0 Å². The fourth-order valence-corrected chi connectivity index (χ4v) is 6.29. The second-order valence-electron chi connectivity index (χ2n) is 9.10. The number of aromatic amines is 1. The van der Waals surface area contributed by atoms with Crippen LogP contribution in [0.4, 0.5) is 8.78 Å². The molecule has 5 rings (SSSR count). The van der Waals surface area contributed by atoms with E-state index in [9.17, 15) is 23.5 Å². The van der Waals surface area contributed by atoms with Gasteiger partial charge >= 0.3 is 0 Å². The lowest BCUT2D eigenvalue weighted by atomic mass is 9.64. The first-order chi connectivity index (χ1) is 16.3. The second kappa shape index (κ2) is 8.67. The standard InChI is InChI=1S/C26H24F2N2O3S/c1-30(14-26(10-4-11-26)25(33)22-24(32)19(31)9-12-29-22)23-15-7-8-18(27)21(28)17(15)13-34-20-6-3-2-5-16(20)23/h2-3,5-9,12,23,32H,4,10-11,13-14H2,1H3,(H,29,31)/t23-/m1/s1. The van der Waals surface area contributed by atoms with Gasteiger partial charge in [0.25, 0.3) is 0 Å². The molecule has 0 bridgehead atoms. The highest BCUT2D eigenvalue weighted by molar-refractivity contribution is 7.98. The zero-order valence-electron chi connectivity index (χ0n) is 18.6. The third-order valence-electron chi connectivity index (χ3n) is 7.06. The Morgan fingerprint density at radius 2 is 1.94 bits per heavy atom. The lowest BCUT2D eigenvalue weighted by Crippen LogP contribution is -2.48. The maximum absolute atomic E-state index is 14.8. The van der Waals surface area contributed by atoms with Gasteiger partial charge in [0.1, 0.15) is 5.69 Å². The van der Waals surface area contributed by atoms with Gasteiger partial charge in [0.15, 0.2) is 23.2 Å². The maximum atomic E-state index is 14.8. The summed E-state index contributed by atoms with van der Waals surface area (Å²) in [5, 5.41) is 10.2. The molecular formula is C26H24F2N2O3S. The Bertz CT molecular complexity index is 1340. The molecule has 0 radical (unpaired) electrons. The molecule has 0 saturated heterocycles. The molecule has 176 valence electrons. The summed E-state index contributed by atoms with van der Waals surface area (Å²) in [4.78, 5) is 31.2. The number of nitrogens with zero attached hydrogens (tertiary/aromatic N) is 1. The lowest BCUT2D eigenvalue weighted by Gasteiger charge is -2.45. The number of ketones is 1. The highest BCUT2D eigenvalue weighted by atomic mass is 32.2. The van der Waals surface area contributed by atoms with Crippen LogP contribution in [-0.4, -0.2) is 34.4 Å². The number of fused-ring (bicyclic) bond motifs is 2. The Balaban J connectivity index is 1.56. The average Bonchev–Trinajstić information content (AvgIpc) is 2.97. The number of hydrogen-bond acceptors (Lipinski definition) is 5. The number of carbonyl (C=O) groups is 1. The summed E-state index contributed by atoms with van der Waals surface area (Å²) < 4.78 is 28.9. The maximum Gasteiger partial charge on any atom is 0.223 e. The van der Waals surface area contributed by atoms with Crippen molar-refractivity contribution in [2.45, 2.75) is 36.0 Å². The van der Waals surface area contributed by atoms with Crippen molar-refractivity contribution < 1.29 is 18.7 Å². The summed E-state index contributed by atoms with van der Waals surface area (Å²) in [7, 11) is 1.88. The lowest BCUT2D eigenvalue weighted by molar-refractivity contribution is 0.0428. The second-order valence-corrected chi connectivity index (χ2v) is 10.1. The molecule has 0 amide bonds. The van der Waals surface area contributed by atoms with Crippen molar-refractivity contribution in [2.75, 3.05) is 13.6 Å². The number of H-pyrrole nitrogens is 1. The highest BCUT2D eigenvalue weighted by Gasteiger charge is 2.47. The molecule has 2 aromatic carbocycles. The zero-order chi connectivity index (χ0) is 24.0. The van der Waals surface area contributed by atoms with Gasteiger partial charge in [-0.25, -0.2) is 8.78 Å². The van der Waals surface area contributed by atoms with Gasteiger partial charge in [0.2, 0.25) is 5.43 Å². The van der Waals surface area contributed by atoms with Crippen molar-refractivity contribution in [3.63, 3.8) is 0 Å². The largest absolute Gasteiger partial charge is 0.503 e. The first-order valence-electron chi connectivity index (χ1n) is 11.2. The van der Waals surface area contributed by atoms with Gasteiger partial charge < -0.3 is 10.1 Å². The van der Waals surface area contributed by atoms with Crippen LogP contribution in [-0.2, 0) is 5.75 Å². The normalized spacial score (nSPS) is 18.5. The minimum Gasteiger partial charge on any atom is -0.503 e. The number of pyridine rings is 1.